The molecule has 6 rings (SSSR count). The van der Waals surface area contributed by atoms with E-state index in [0.29, 0.717) is 36.4 Å². The summed E-state index contributed by atoms with van der Waals surface area (Å²) in [5.74, 6) is 4.14. The Bertz CT molecular complexity index is 1300. The van der Waals surface area contributed by atoms with Crippen molar-refractivity contribution in [2.24, 2.45) is 11.5 Å². The fourth-order valence-corrected chi connectivity index (χ4v) is 10.9. The van der Waals surface area contributed by atoms with Crippen molar-refractivity contribution >= 4 is 33.4 Å². The van der Waals surface area contributed by atoms with Gasteiger partial charge < -0.3 is 30.4 Å². The molecular weight excluding hydrogens is 665 g/mol. The normalized spacial score (nSPS) is 23.0. The van der Waals surface area contributed by atoms with Crippen LogP contribution in [-0.4, -0.2) is 77.4 Å². The van der Waals surface area contributed by atoms with Gasteiger partial charge in [-0.3, -0.25) is 9.59 Å². The van der Waals surface area contributed by atoms with E-state index in [4.69, 9.17) is 21.4 Å². The fraction of sp³-hybridized carbons (Fsp3) is 0.789. The summed E-state index contributed by atoms with van der Waals surface area (Å²) >= 11 is 0. The van der Waals surface area contributed by atoms with Gasteiger partial charge in [-0.1, -0.05) is 99.6 Å². The number of unbranched alkanes of at least 4 members (excludes halogenated alkanes) is 2. The zero-order valence-corrected chi connectivity index (χ0v) is 32.3. The Morgan fingerprint density at radius 2 is 1.08 bits per heavy atom. The van der Waals surface area contributed by atoms with Crippen LogP contribution in [0.3, 0.4) is 0 Å². The summed E-state index contributed by atoms with van der Waals surface area (Å²) in [5.41, 5.74) is 15.6. The monoisotopic (exact) mass is 726 g/mol. The van der Waals surface area contributed by atoms with E-state index in [9.17, 15) is 9.59 Å². The Morgan fingerprint density at radius 3 is 1.46 bits per heavy atom. The summed E-state index contributed by atoms with van der Waals surface area (Å²) in [6.45, 7) is 7.27. The number of hydrogen-bond acceptors (Lipinski definition) is 8. The van der Waals surface area contributed by atoms with E-state index in [1.165, 1.54) is 75.6 Å². The van der Waals surface area contributed by atoms with Crippen molar-refractivity contribution in [2.75, 3.05) is 24.6 Å². The van der Waals surface area contributed by atoms with Crippen molar-refractivity contribution in [3.63, 3.8) is 0 Å². The molecule has 278 valence electrons. The maximum atomic E-state index is 13.8. The molecule has 0 radical (unpaired) electrons. The first-order valence-electron chi connectivity index (χ1n) is 19.9. The van der Waals surface area contributed by atoms with Gasteiger partial charge in [0.15, 0.2) is 0 Å². The molecule has 0 saturated heterocycles. The molecule has 4 heterocycles. The highest BCUT2D eigenvalue weighted by Crippen LogP contribution is 2.38. The van der Waals surface area contributed by atoms with Gasteiger partial charge in [0, 0.05) is 61.9 Å². The maximum absolute atomic E-state index is 13.8. The molecule has 10 nitrogen and oxygen atoms in total. The molecule has 2 amide bonds. The largest absolute Gasteiger partial charge is 0.331 e. The van der Waals surface area contributed by atoms with Gasteiger partial charge in [0.1, 0.15) is 11.6 Å². The first kappa shape index (κ1) is 37.7. The summed E-state index contributed by atoms with van der Waals surface area (Å²) < 4.78 is 4.61. The number of carbonyl (C=O) groups excluding carboxylic acids is 2. The van der Waals surface area contributed by atoms with Crippen molar-refractivity contribution < 1.29 is 9.59 Å². The minimum atomic E-state index is -0.611. The van der Waals surface area contributed by atoms with Gasteiger partial charge in [0.2, 0.25) is 11.8 Å². The molecule has 2 fully saturated rings. The molecular formula is C38H62N8O2S2. The summed E-state index contributed by atoms with van der Waals surface area (Å²) in [7, 11) is 3.10. The van der Waals surface area contributed by atoms with Crippen molar-refractivity contribution in [1.29, 1.82) is 0 Å². The molecule has 4 atom stereocenters. The number of carbonyl (C=O) groups is 2. The standard InChI is InChI=1S/C38H62N8O2S2/c1-3-5-17-33-35-41-31(27-13-9-7-10-14-27)23-43(35)19-21-45(33)37(47)29(39)25-49-50-26-30(40)38(48)46-22-20-44-24-32(28-15-11-8-12-16-28)42-36(44)34(46)18-6-4-2/h23-24,27-30,33-34H,3-22,25-26,39-40H2,1-2H3. The third-order valence-electron chi connectivity index (χ3n) is 11.7. The summed E-state index contributed by atoms with van der Waals surface area (Å²) in [5, 5.41) is 0. The highest BCUT2D eigenvalue weighted by molar-refractivity contribution is 8.76. The molecule has 2 aliphatic carbocycles. The minimum Gasteiger partial charge on any atom is -0.331 e. The Labute approximate surface area is 308 Å². The van der Waals surface area contributed by atoms with Crippen LogP contribution in [0.15, 0.2) is 12.4 Å². The first-order chi connectivity index (χ1) is 24.4. The number of amides is 2. The molecule has 4 aliphatic rings. The minimum absolute atomic E-state index is 0.00299. The third-order valence-corrected chi connectivity index (χ3v) is 14.1. The van der Waals surface area contributed by atoms with E-state index in [2.05, 4.69) is 35.4 Å². The smallest absolute Gasteiger partial charge is 0.241 e. The van der Waals surface area contributed by atoms with Crippen LogP contribution in [0.5, 0.6) is 0 Å². The van der Waals surface area contributed by atoms with Crippen molar-refractivity contribution in [3.05, 3.63) is 35.4 Å². The second-order valence-electron chi connectivity index (χ2n) is 15.3. The highest BCUT2D eigenvalue weighted by atomic mass is 33.1. The van der Waals surface area contributed by atoms with Gasteiger partial charge in [0.05, 0.1) is 35.6 Å². The molecule has 2 aromatic heterocycles. The summed E-state index contributed by atoms with van der Waals surface area (Å²) in [6.07, 6.45) is 23.3. The van der Waals surface area contributed by atoms with E-state index in [-0.39, 0.29) is 23.9 Å². The Morgan fingerprint density at radius 1 is 0.680 bits per heavy atom. The number of hydrogen-bond donors (Lipinski definition) is 2. The molecule has 4 unspecified atom stereocenters. The predicted octanol–water partition coefficient (Wildman–Crippen LogP) is 7.06. The lowest BCUT2D eigenvalue weighted by Gasteiger charge is -2.37. The Kier molecular flexibility index (Phi) is 13.7. The van der Waals surface area contributed by atoms with E-state index < -0.39 is 12.1 Å². The van der Waals surface area contributed by atoms with Crippen LogP contribution in [0.4, 0.5) is 0 Å². The molecule has 12 heteroatoms. The number of rotatable bonds is 15. The SMILES string of the molecule is CCCCC1c2nc(C3CCCCC3)cn2CCN1C(=O)C(N)CSSCC(N)C(=O)N1CCn2cc(C3CCCCC3)nc2C1CCCC. The third kappa shape index (κ3) is 8.77. The van der Waals surface area contributed by atoms with E-state index in [1.807, 2.05) is 9.80 Å². The van der Waals surface area contributed by atoms with Gasteiger partial charge >= 0.3 is 0 Å². The lowest BCUT2D eigenvalue weighted by atomic mass is 9.87. The number of imidazole rings is 2. The van der Waals surface area contributed by atoms with Crippen LogP contribution in [0, 0.1) is 0 Å². The van der Waals surface area contributed by atoms with Crippen LogP contribution < -0.4 is 11.5 Å². The molecule has 4 N–H and O–H groups in total. The van der Waals surface area contributed by atoms with E-state index in [1.54, 1.807) is 21.6 Å². The average Bonchev–Trinajstić information content (AvgIpc) is 3.80. The second kappa shape index (κ2) is 18.1. The predicted molar refractivity (Wildman–Crippen MR) is 205 cm³/mol. The Balaban J connectivity index is 1.02. The van der Waals surface area contributed by atoms with Crippen molar-refractivity contribution in [3.8, 4) is 0 Å². The van der Waals surface area contributed by atoms with Gasteiger partial charge in [-0.05, 0) is 38.5 Å². The summed E-state index contributed by atoms with van der Waals surface area (Å²) in [4.78, 5) is 42.0. The molecule has 0 bridgehead atoms. The van der Waals surface area contributed by atoms with Crippen LogP contribution in [0.2, 0.25) is 0 Å². The van der Waals surface area contributed by atoms with Crippen molar-refractivity contribution in [2.45, 2.75) is 166 Å². The lowest BCUT2D eigenvalue weighted by molar-refractivity contribution is -0.136. The van der Waals surface area contributed by atoms with Crippen LogP contribution in [0.1, 0.15) is 164 Å². The highest BCUT2D eigenvalue weighted by Gasteiger charge is 2.37. The maximum Gasteiger partial charge on any atom is 0.241 e. The first-order valence-corrected chi connectivity index (χ1v) is 22.4. The molecule has 2 aliphatic heterocycles. The van der Waals surface area contributed by atoms with Gasteiger partial charge in [-0.25, -0.2) is 9.97 Å². The van der Waals surface area contributed by atoms with Crippen molar-refractivity contribution in [1.82, 2.24) is 28.9 Å². The van der Waals surface area contributed by atoms with Gasteiger partial charge in [0.25, 0.3) is 0 Å². The topological polar surface area (TPSA) is 128 Å². The molecule has 50 heavy (non-hydrogen) atoms. The van der Waals surface area contributed by atoms with Crippen LogP contribution in [0.25, 0.3) is 0 Å². The van der Waals surface area contributed by atoms with Crippen LogP contribution in [-0.2, 0) is 22.7 Å². The van der Waals surface area contributed by atoms with Gasteiger partial charge in [-0.15, -0.1) is 0 Å². The molecule has 0 aromatic carbocycles. The quantitative estimate of drug-likeness (QED) is 0.148. The number of nitrogens with zero attached hydrogens (tertiary/aromatic N) is 6. The van der Waals surface area contributed by atoms with E-state index >= 15 is 0 Å². The Hall–Kier alpha value is -2.02. The molecule has 2 aromatic rings. The zero-order chi connectivity index (χ0) is 35.0. The number of aromatic nitrogens is 4. The molecule has 2 saturated carbocycles. The second-order valence-corrected chi connectivity index (χ2v) is 17.8. The lowest BCUT2D eigenvalue weighted by Crippen LogP contribution is -2.50. The van der Waals surface area contributed by atoms with Gasteiger partial charge in [-0.2, -0.15) is 0 Å². The average molecular weight is 727 g/mol. The number of nitrogens with two attached hydrogens (primary N) is 2. The van der Waals surface area contributed by atoms with E-state index in [0.717, 1.165) is 63.3 Å². The number of fused-ring (bicyclic) bond motifs is 2. The van der Waals surface area contributed by atoms with Crippen LogP contribution >= 0.6 is 21.6 Å². The molecule has 0 spiro atoms. The summed E-state index contributed by atoms with van der Waals surface area (Å²) in [6, 6.07) is -1.27. The zero-order valence-electron chi connectivity index (χ0n) is 30.6. The fourth-order valence-electron chi connectivity index (χ4n) is 8.71.